The van der Waals surface area contributed by atoms with E-state index in [0.29, 0.717) is 18.1 Å². The monoisotopic (exact) mass is 386 g/mol. The van der Waals surface area contributed by atoms with Crippen molar-refractivity contribution in [3.63, 3.8) is 0 Å². The molecule has 1 saturated heterocycles. The molecule has 1 aromatic heterocycles. The zero-order valence-electron chi connectivity index (χ0n) is 16.1. The molecule has 1 aromatic carbocycles. The van der Waals surface area contributed by atoms with Crippen LogP contribution in [0.4, 0.5) is 11.5 Å². The summed E-state index contributed by atoms with van der Waals surface area (Å²) in [5.74, 6) is 0.885. The predicted octanol–water partition coefficient (Wildman–Crippen LogP) is 3.93. The second-order valence-electron chi connectivity index (χ2n) is 6.91. The Bertz CT molecular complexity index is 757. The first-order valence-corrected chi connectivity index (χ1v) is 9.94. The maximum absolute atomic E-state index is 12.8. The highest BCUT2D eigenvalue weighted by Crippen LogP contribution is 2.24. The highest BCUT2D eigenvalue weighted by atomic mass is 35.5. The summed E-state index contributed by atoms with van der Waals surface area (Å²) < 4.78 is 0. The van der Waals surface area contributed by atoms with Crippen LogP contribution in [-0.4, -0.2) is 55.6 Å². The van der Waals surface area contributed by atoms with E-state index in [9.17, 15) is 4.79 Å². The molecule has 0 radical (unpaired) electrons. The van der Waals surface area contributed by atoms with Gasteiger partial charge in [0.1, 0.15) is 5.82 Å². The van der Waals surface area contributed by atoms with Crippen molar-refractivity contribution in [2.45, 2.75) is 19.8 Å². The van der Waals surface area contributed by atoms with Gasteiger partial charge in [0.05, 0.1) is 5.02 Å². The fourth-order valence-electron chi connectivity index (χ4n) is 3.30. The number of halogens is 1. The van der Waals surface area contributed by atoms with Gasteiger partial charge in [-0.3, -0.25) is 4.79 Å². The number of unbranched alkanes of at least 4 members (excludes halogenated alkanes) is 1. The van der Waals surface area contributed by atoms with Gasteiger partial charge in [0, 0.05) is 57.2 Å². The Hall–Kier alpha value is -2.27. The van der Waals surface area contributed by atoms with E-state index in [1.807, 2.05) is 41.3 Å². The van der Waals surface area contributed by atoms with Gasteiger partial charge >= 0.3 is 0 Å². The number of pyridine rings is 1. The maximum atomic E-state index is 12.8. The smallest absolute Gasteiger partial charge is 0.253 e. The minimum Gasteiger partial charge on any atom is -0.375 e. The van der Waals surface area contributed by atoms with Crippen LogP contribution < -0.4 is 9.80 Å². The van der Waals surface area contributed by atoms with Crippen LogP contribution >= 0.6 is 11.6 Å². The molecule has 144 valence electrons. The summed E-state index contributed by atoms with van der Waals surface area (Å²) in [6.45, 7) is 6.04. The third-order valence-electron chi connectivity index (χ3n) is 5.01. The number of hydrogen-bond donors (Lipinski definition) is 0. The SMILES string of the molecule is CCCCN(C)c1ccc(C(=O)N2CCN(c3ncccc3Cl)CC2)cc1. The fraction of sp³-hybridized carbons (Fsp3) is 0.429. The Kier molecular flexibility index (Phi) is 6.56. The van der Waals surface area contributed by atoms with Crippen molar-refractivity contribution in [1.82, 2.24) is 9.88 Å². The van der Waals surface area contributed by atoms with E-state index in [-0.39, 0.29) is 5.91 Å². The van der Waals surface area contributed by atoms with Gasteiger partial charge in [-0.15, -0.1) is 0 Å². The lowest BCUT2D eigenvalue weighted by Crippen LogP contribution is -2.49. The molecule has 6 heteroatoms. The first kappa shape index (κ1) is 19.5. The average Bonchev–Trinajstić information content (AvgIpc) is 2.72. The number of carbonyl (C=O) groups excluding carboxylic acids is 1. The number of amides is 1. The molecule has 0 aliphatic carbocycles. The quantitative estimate of drug-likeness (QED) is 0.754. The lowest BCUT2D eigenvalue weighted by Gasteiger charge is -2.35. The molecule has 2 aromatic rings. The van der Waals surface area contributed by atoms with E-state index in [2.05, 4.69) is 28.8 Å². The summed E-state index contributed by atoms with van der Waals surface area (Å²) in [7, 11) is 2.09. The van der Waals surface area contributed by atoms with Gasteiger partial charge in [0.25, 0.3) is 5.91 Å². The first-order chi connectivity index (χ1) is 13.1. The molecule has 0 spiro atoms. The number of rotatable bonds is 6. The average molecular weight is 387 g/mol. The van der Waals surface area contributed by atoms with Crippen LogP contribution in [0.25, 0.3) is 0 Å². The molecule has 1 aliphatic rings. The Morgan fingerprint density at radius 1 is 1.15 bits per heavy atom. The minimum atomic E-state index is 0.0875. The molecule has 0 atom stereocenters. The Morgan fingerprint density at radius 3 is 2.48 bits per heavy atom. The summed E-state index contributed by atoms with van der Waals surface area (Å²) in [4.78, 5) is 23.5. The second-order valence-corrected chi connectivity index (χ2v) is 7.32. The number of carbonyl (C=O) groups is 1. The lowest BCUT2D eigenvalue weighted by molar-refractivity contribution is 0.0746. The number of aromatic nitrogens is 1. The molecule has 5 nitrogen and oxygen atoms in total. The van der Waals surface area contributed by atoms with E-state index in [4.69, 9.17) is 11.6 Å². The Balaban J connectivity index is 1.58. The molecular weight excluding hydrogens is 360 g/mol. The zero-order valence-corrected chi connectivity index (χ0v) is 16.8. The molecule has 0 unspecified atom stereocenters. The molecule has 3 rings (SSSR count). The van der Waals surface area contributed by atoms with Gasteiger partial charge in [0.15, 0.2) is 0 Å². The molecule has 1 amide bonds. The van der Waals surface area contributed by atoms with Crippen LogP contribution in [0.3, 0.4) is 0 Å². The number of benzene rings is 1. The molecule has 1 fully saturated rings. The third-order valence-corrected chi connectivity index (χ3v) is 5.30. The summed E-state index contributed by atoms with van der Waals surface area (Å²) in [6.07, 6.45) is 4.09. The normalized spacial score (nSPS) is 14.3. The molecule has 0 bridgehead atoms. The van der Waals surface area contributed by atoms with Gasteiger partial charge in [-0.25, -0.2) is 4.98 Å². The van der Waals surface area contributed by atoms with Gasteiger partial charge in [0.2, 0.25) is 0 Å². The van der Waals surface area contributed by atoms with E-state index < -0.39 is 0 Å². The number of piperazine rings is 1. The summed E-state index contributed by atoms with van der Waals surface area (Å²) in [6, 6.07) is 11.6. The van der Waals surface area contributed by atoms with Crippen LogP contribution in [0.2, 0.25) is 5.02 Å². The minimum absolute atomic E-state index is 0.0875. The van der Waals surface area contributed by atoms with Crippen LogP contribution in [0.15, 0.2) is 42.6 Å². The summed E-state index contributed by atoms with van der Waals surface area (Å²) in [5.41, 5.74) is 1.89. The van der Waals surface area contributed by atoms with Gasteiger partial charge in [-0.2, -0.15) is 0 Å². The van der Waals surface area contributed by atoms with Crippen molar-refractivity contribution in [3.8, 4) is 0 Å². The second kappa shape index (κ2) is 9.09. The highest BCUT2D eigenvalue weighted by Gasteiger charge is 2.23. The van der Waals surface area contributed by atoms with E-state index >= 15 is 0 Å². The number of nitrogens with zero attached hydrogens (tertiary/aromatic N) is 4. The van der Waals surface area contributed by atoms with Crippen LogP contribution in [0.1, 0.15) is 30.1 Å². The molecule has 27 heavy (non-hydrogen) atoms. The summed E-state index contributed by atoms with van der Waals surface area (Å²) >= 11 is 6.24. The maximum Gasteiger partial charge on any atom is 0.253 e. The van der Waals surface area contributed by atoms with Crippen LogP contribution in [0.5, 0.6) is 0 Å². The zero-order chi connectivity index (χ0) is 19.2. The largest absolute Gasteiger partial charge is 0.375 e. The Labute approximate surface area is 166 Å². The van der Waals surface area contributed by atoms with Gasteiger partial charge in [-0.05, 0) is 42.8 Å². The number of hydrogen-bond acceptors (Lipinski definition) is 4. The van der Waals surface area contributed by atoms with Crippen molar-refractivity contribution < 1.29 is 4.79 Å². The van der Waals surface area contributed by atoms with Gasteiger partial charge < -0.3 is 14.7 Å². The van der Waals surface area contributed by atoms with Crippen molar-refractivity contribution in [3.05, 3.63) is 53.2 Å². The topological polar surface area (TPSA) is 39.7 Å². The van der Waals surface area contributed by atoms with Crippen LogP contribution in [0, 0.1) is 0 Å². The Morgan fingerprint density at radius 2 is 1.85 bits per heavy atom. The third kappa shape index (κ3) is 4.72. The van der Waals surface area contributed by atoms with Crippen molar-refractivity contribution in [2.75, 3.05) is 49.6 Å². The molecule has 2 heterocycles. The standard InChI is InChI=1S/C21H27ClN4O/c1-3-4-12-24(2)18-9-7-17(8-10-18)21(27)26-15-13-25(14-16-26)20-19(22)6-5-11-23-20/h5-11H,3-4,12-16H2,1-2H3. The predicted molar refractivity (Wildman–Crippen MR) is 112 cm³/mol. The van der Waals surface area contributed by atoms with Gasteiger partial charge in [-0.1, -0.05) is 24.9 Å². The first-order valence-electron chi connectivity index (χ1n) is 9.56. The highest BCUT2D eigenvalue weighted by molar-refractivity contribution is 6.32. The molecule has 0 N–H and O–H groups in total. The molecule has 0 saturated carbocycles. The molecule has 1 aliphatic heterocycles. The van der Waals surface area contributed by atoms with Crippen molar-refractivity contribution >= 4 is 29.0 Å². The van der Waals surface area contributed by atoms with E-state index in [1.165, 1.54) is 12.8 Å². The molecular formula is C21H27ClN4O. The van der Waals surface area contributed by atoms with E-state index in [0.717, 1.165) is 36.7 Å². The van der Waals surface area contributed by atoms with Crippen molar-refractivity contribution in [2.24, 2.45) is 0 Å². The summed E-state index contributed by atoms with van der Waals surface area (Å²) in [5, 5.41) is 0.653. The number of anilines is 2. The fourth-order valence-corrected chi connectivity index (χ4v) is 3.54. The van der Waals surface area contributed by atoms with E-state index in [1.54, 1.807) is 6.20 Å². The van der Waals surface area contributed by atoms with Crippen molar-refractivity contribution in [1.29, 1.82) is 0 Å². The lowest BCUT2D eigenvalue weighted by atomic mass is 10.1. The van der Waals surface area contributed by atoms with Crippen LogP contribution in [-0.2, 0) is 0 Å².